The maximum atomic E-state index is 15.4. The number of aliphatic imine (C=N–C) groups is 1. The Morgan fingerprint density at radius 1 is 1.00 bits per heavy atom. The molecule has 1 saturated heterocycles. The van der Waals surface area contributed by atoms with E-state index in [1.807, 2.05) is 0 Å². The monoisotopic (exact) mass is 663 g/mol. The Labute approximate surface area is 271 Å². The van der Waals surface area contributed by atoms with E-state index < -0.39 is 42.1 Å². The molecular formula is C31H28ClF2N9O4. The number of aryl methyl sites for hydroxylation is 2. The summed E-state index contributed by atoms with van der Waals surface area (Å²) < 4.78 is 38.6. The van der Waals surface area contributed by atoms with Crippen LogP contribution in [0.2, 0.25) is 5.02 Å². The number of fused-ring (bicyclic) bond motifs is 1. The van der Waals surface area contributed by atoms with Crippen molar-refractivity contribution >= 4 is 46.2 Å². The van der Waals surface area contributed by atoms with Gasteiger partial charge < -0.3 is 9.84 Å². The van der Waals surface area contributed by atoms with Gasteiger partial charge in [0.25, 0.3) is 0 Å². The van der Waals surface area contributed by atoms with Crippen LogP contribution in [0.3, 0.4) is 0 Å². The van der Waals surface area contributed by atoms with Crippen LogP contribution in [0, 0.1) is 11.6 Å². The predicted octanol–water partition coefficient (Wildman–Crippen LogP) is 4.32. The van der Waals surface area contributed by atoms with Crippen LogP contribution >= 0.6 is 11.6 Å². The molecule has 1 atom stereocenters. The molecule has 242 valence electrons. The van der Waals surface area contributed by atoms with Gasteiger partial charge in [-0.15, -0.1) is 0 Å². The summed E-state index contributed by atoms with van der Waals surface area (Å²) in [6, 6.07) is 13.0. The second-order valence-corrected chi connectivity index (χ2v) is 11.2. The molecule has 1 unspecified atom stereocenters. The molecule has 16 heteroatoms. The summed E-state index contributed by atoms with van der Waals surface area (Å²) in [6.07, 6.45) is 1.47. The second-order valence-electron chi connectivity index (χ2n) is 10.8. The van der Waals surface area contributed by atoms with Crippen molar-refractivity contribution in [3.8, 4) is 0 Å². The number of aliphatic hydroxyl groups is 1. The van der Waals surface area contributed by atoms with Gasteiger partial charge in [0, 0.05) is 44.4 Å². The lowest BCUT2D eigenvalue weighted by atomic mass is 10.1. The third kappa shape index (κ3) is 6.48. The number of urea groups is 1. The molecule has 13 nitrogen and oxygen atoms in total. The molecule has 0 aliphatic carbocycles. The number of benzene rings is 3. The van der Waals surface area contributed by atoms with Gasteiger partial charge in [-0.25, -0.2) is 28.3 Å². The lowest BCUT2D eigenvalue weighted by molar-refractivity contribution is -0.0858. The number of guanidine groups is 1. The van der Waals surface area contributed by atoms with Gasteiger partial charge in [-0.3, -0.25) is 24.1 Å². The van der Waals surface area contributed by atoms with Crippen LogP contribution in [0.5, 0.6) is 0 Å². The third-order valence-corrected chi connectivity index (χ3v) is 7.73. The molecule has 0 spiro atoms. The number of hydrogen-bond donors (Lipinski definition) is 1. The van der Waals surface area contributed by atoms with Crippen molar-refractivity contribution < 1.29 is 28.2 Å². The zero-order chi connectivity index (χ0) is 33.4. The van der Waals surface area contributed by atoms with Crippen LogP contribution in [0.4, 0.5) is 19.3 Å². The van der Waals surface area contributed by atoms with Crippen molar-refractivity contribution in [3.63, 3.8) is 0 Å². The maximum Gasteiger partial charge on any atom is 0.341 e. The Kier molecular flexibility index (Phi) is 8.58. The van der Waals surface area contributed by atoms with Crippen molar-refractivity contribution in [1.29, 1.82) is 0 Å². The number of aromatic nitrogens is 5. The van der Waals surface area contributed by atoms with Crippen LogP contribution in [-0.2, 0) is 38.5 Å². The first-order valence-corrected chi connectivity index (χ1v) is 14.6. The predicted molar refractivity (Wildman–Crippen MR) is 166 cm³/mol. The molecule has 6 rings (SSSR count). The van der Waals surface area contributed by atoms with Gasteiger partial charge in [-0.1, -0.05) is 41.9 Å². The highest BCUT2D eigenvalue weighted by atomic mass is 35.5. The summed E-state index contributed by atoms with van der Waals surface area (Å²) in [5.41, 5.74) is 0.840. The average Bonchev–Trinajstić information content (AvgIpc) is 3.63. The van der Waals surface area contributed by atoms with E-state index in [9.17, 15) is 19.1 Å². The normalized spacial score (nSPS) is 16.1. The molecule has 3 heterocycles. The lowest BCUT2D eigenvalue weighted by Gasteiger charge is -2.45. The summed E-state index contributed by atoms with van der Waals surface area (Å²) >= 11 is 6.55. The Balaban J connectivity index is 1.38. The first-order valence-electron chi connectivity index (χ1n) is 14.2. The summed E-state index contributed by atoms with van der Waals surface area (Å²) in [5, 5.41) is 21.0. The quantitative estimate of drug-likeness (QED) is 0.243. The van der Waals surface area contributed by atoms with Crippen LogP contribution in [-0.4, -0.2) is 75.7 Å². The summed E-state index contributed by atoms with van der Waals surface area (Å²) in [4.78, 5) is 38.6. The molecule has 0 radical (unpaired) electrons. The molecule has 1 fully saturated rings. The number of halogens is 3. The highest BCUT2D eigenvalue weighted by molar-refractivity contribution is 6.34. The lowest BCUT2D eigenvalue weighted by Crippen LogP contribution is -2.65. The van der Waals surface area contributed by atoms with E-state index in [1.165, 1.54) is 23.0 Å². The van der Waals surface area contributed by atoms with E-state index in [2.05, 4.69) is 20.2 Å². The van der Waals surface area contributed by atoms with Gasteiger partial charge >= 0.3 is 12.0 Å². The maximum absolute atomic E-state index is 15.4. The number of ether oxygens (including phenoxy) is 1. The van der Waals surface area contributed by atoms with Crippen molar-refractivity contribution in [3.05, 3.63) is 106 Å². The van der Waals surface area contributed by atoms with Gasteiger partial charge in [0.05, 0.1) is 34.9 Å². The minimum Gasteiger partial charge on any atom is -0.457 e. The molecular weight excluding hydrogens is 636 g/mol. The molecule has 2 aromatic heterocycles. The van der Waals surface area contributed by atoms with E-state index in [1.54, 1.807) is 67.4 Å². The summed E-state index contributed by atoms with van der Waals surface area (Å²) in [6.45, 7) is -0.791. The fourth-order valence-corrected chi connectivity index (χ4v) is 5.30. The van der Waals surface area contributed by atoms with Crippen LogP contribution in [0.15, 0.2) is 72.1 Å². The van der Waals surface area contributed by atoms with Crippen LogP contribution in [0.1, 0.15) is 27.3 Å². The standard InChI is InChI=1S/C31H28ClF2N9O4/c1-39-13-20-10-26(22(32)11-25(20)37-39)36-29-41(3)30(45)43(15-27-35-17-40(2)38-27)31(46)42(29)14-19-9-21(24(34)12-23(19)33)28(44)47-16-18-7-5-4-6-8-18/h4-13,17,31,46H,14-16H2,1-3H3/b36-29+. The minimum atomic E-state index is -1.72. The number of amides is 2. The zero-order valence-electron chi connectivity index (χ0n) is 25.4. The van der Waals surface area contributed by atoms with Crippen LogP contribution < -0.4 is 0 Å². The smallest absolute Gasteiger partial charge is 0.341 e. The Morgan fingerprint density at radius 3 is 2.49 bits per heavy atom. The number of rotatable bonds is 8. The number of aliphatic hydroxyl groups excluding tert-OH is 1. The minimum absolute atomic E-state index is 0.102. The summed E-state index contributed by atoms with van der Waals surface area (Å²) in [7, 11) is 4.82. The van der Waals surface area contributed by atoms with Gasteiger partial charge in [0.2, 0.25) is 12.3 Å². The molecule has 2 amide bonds. The van der Waals surface area contributed by atoms with Gasteiger partial charge in [0.15, 0.2) is 5.82 Å². The average molecular weight is 664 g/mol. The molecule has 1 aliphatic rings. The van der Waals surface area contributed by atoms with Crippen molar-refractivity contribution in [2.24, 2.45) is 19.1 Å². The largest absolute Gasteiger partial charge is 0.457 e. The zero-order valence-corrected chi connectivity index (χ0v) is 26.1. The highest BCUT2D eigenvalue weighted by Crippen LogP contribution is 2.32. The number of nitrogens with zero attached hydrogens (tertiary/aromatic N) is 9. The molecule has 0 bridgehead atoms. The number of carbonyl (C=O) groups excluding carboxylic acids is 2. The Morgan fingerprint density at radius 2 is 1.77 bits per heavy atom. The molecule has 47 heavy (non-hydrogen) atoms. The molecule has 0 saturated carbocycles. The molecule has 1 N–H and O–H groups in total. The molecule has 5 aromatic rings. The van der Waals surface area contributed by atoms with Crippen molar-refractivity contribution in [2.75, 3.05) is 7.05 Å². The van der Waals surface area contributed by atoms with E-state index >= 15 is 4.39 Å². The van der Waals surface area contributed by atoms with Gasteiger partial charge in [-0.05, 0) is 23.8 Å². The van der Waals surface area contributed by atoms with Gasteiger partial charge in [0.1, 0.15) is 24.6 Å². The van der Waals surface area contributed by atoms with Crippen LogP contribution in [0.25, 0.3) is 10.9 Å². The summed E-state index contributed by atoms with van der Waals surface area (Å²) in [5.74, 6) is -3.00. The SMILES string of the molecule is CN1C(=O)N(Cc2ncn(C)n2)C(O)N(Cc2cc(C(=O)OCc3ccccc3)c(F)cc2F)/C1=N/c1cc2cn(C)nc2cc1Cl. The van der Waals surface area contributed by atoms with E-state index in [-0.39, 0.29) is 41.2 Å². The fraction of sp³-hybridized carbons (Fsp3) is 0.226. The van der Waals surface area contributed by atoms with E-state index in [0.29, 0.717) is 22.5 Å². The number of hydrogen-bond acceptors (Lipinski definition) is 8. The fourth-order valence-electron chi connectivity index (χ4n) is 5.10. The Bertz CT molecular complexity index is 2020. The first kappa shape index (κ1) is 31.6. The highest BCUT2D eigenvalue weighted by Gasteiger charge is 2.41. The first-order chi connectivity index (χ1) is 22.5. The molecule has 3 aromatic carbocycles. The van der Waals surface area contributed by atoms with Crippen molar-refractivity contribution in [1.82, 2.24) is 39.2 Å². The number of esters is 1. The topological polar surface area (TPSA) is 134 Å². The Hall–Kier alpha value is -5.41. The second kappa shape index (κ2) is 12.8. The van der Waals surface area contributed by atoms with E-state index in [4.69, 9.17) is 16.3 Å². The third-order valence-electron chi connectivity index (χ3n) is 7.42. The molecule has 1 aliphatic heterocycles. The van der Waals surface area contributed by atoms with Gasteiger partial charge in [-0.2, -0.15) is 10.2 Å². The van der Waals surface area contributed by atoms with Crippen molar-refractivity contribution in [2.45, 2.75) is 26.0 Å². The van der Waals surface area contributed by atoms with E-state index in [0.717, 1.165) is 15.9 Å². The number of carbonyl (C=O) groups is 2.